The van der Waals surface area contributed by atoms with Crippen LogP contribution in [0.3, 0.4) is 0 Å². The summed E-state index contributed by atoms with van der Waals surface area (Å²) in [5.74, 6) is 0.716. The van der Waals surface area contributed by atoms with Crippen LogP contribution in [0, 0.1) is 5.92 Å². The van der Waals surface area contributed by atoms with Crippen LogP contribution in [0.1, 0.15) is 44.2 Å². The molecule has 0 radical (unpaired) electrons. The Balaban J connectivity index is 1.88. The molecule has 1 fully saturated rings. The summed E-state index contributed by atoms with van der Waals surface area (Å²) < 4.78 is 0. The molecule has 1 aliphatic rings. The summed E-state index contributed by atoms with van der Waals surface area (Å²) in [7, 11) is 0. The number of hydrogen-bond acceptors (Lipinski definition) is 3. The lowest BCUT2D eigenvalue weighted by molar-refractivity contribution is 0.137. The van der Waals surface area contributed by atoms with Crippen molar-refractivity contribution < 1.29 is 5.11 Å². The molecular weight excluding hydrogens is 260 g/mol. The van der Waals surface area contributed by atoms with Gasteiger partial charge in [-0.1, -0.05) is 44.5 Å². The van der Waals surface area contributed by atoms with Gasteiger partial charge in [0, 0.05) is 19.1 Å². The predicted octanol–water partition coefficient (Wildman–Crippen LogP) is 2.78. The number of aliphatic hydroxyl groups is 1. The average molecular weight is 290 g/mol. The summed E-state index contributed by atoms with van der Waals surface area (Å²) in [5, 5.41) is 12.7. The highest BCUT2D eigenvalue weighted by Crippen LogP contribution is 2.19. The first-order chi connectivity index (χ1) is 10.2. The SMILES string of the molecule is CC(C)CNCC1CCCCN1Cc1ccc(CO)cc1. The molecule has 0 aliphatic carbocycles. The first kappa shape index (κ1) is 16.5. The van der Waals surface area contributed by atoms with Gasteiger partial charge < -0.3 is 10.4 Å². The van der Waals surface area contributed by atoms with Gasteiger partial charge in [-0.05, 0) is 43.0 Å². The van der Waals surface area contributed by atoms with E-state index in [1.54, 1.807) is 0 Å². The number of likely N-dealkylation sites (tertiary alicyclic amines) is 1. The maximum atomic E-state index is 9.12. The van der Waals surface area contributed by atoms with Gasteiger partial charge in [0.2, 0.25) is 0 Å². The smallest absolute Gasteiger partial charge is 0.0681 e. The number of piperidine rings is 1. The van der Waals surface area contributed by atoms with Crippen molar-refractivity contribution in [1.82, 2.24) is 10.2 Å². The molecule has 0 saturated carbocycles. The highest BCUT2D eigenvalue weighted by molar-refractivity contribution is 5.22. The van der Waals surface area contributed by atoms with Crippen molar-refractivity contribution in [3.8, 4) is 0 Å². The van der Waals surface area contributed by atoms with Crippen molar-refractivity contribution in [2.75, 3.05) is 19.6 Å². The standard InChI is InChI=1S/C18H30N2O/c1-15(2)11-19-12-18-5-3-4-10-20(18)13-16-6-8-17(14-21)9-7-16/h6-9,15,18-19,21H,3-5,10-14H2,1-2H3. The van der Waals surface area contributed by atoms with E-state index in [0.29, 0.717) is 12.0 Å². The zero-order valence-corrected chi connectivity index (χ0v) is 13.5. The van der Waals surface area contributed by atoms with E-state index in [4.69, 9.17) is 5.11 Å². The van der Waals surface area contributed by atoms with E-state index < -0.39 is 0 Å². The highest BCUT2D eigenvalue weighted by Gasteiger charge is 2.22. The van der Waals surface area contributed by atoms with Crippen molar-refractivity contribution >= 4 is 0 Å². The second kappa shape index (κ2) is 8.52. The van der Waals surface area contributed by atoms with Crippen LogP contribution in [-0.2, 0) is 13.2 Å². The molecule has 2 N–H and O–H groups in total. The van der Waals surface area contributed by atoms with Gasteiger partial charge in [-0.15, -0.1) is 0 Å². The molecule has 1 unspecified atom stereocenters. The lowest BCUT2D eigenvalue weighted by Crippen LogP contribution is -2.45. The second-order valence-corrected chi connectivity index (χ2v) is 6.65. The average Bonchev–Trinajstić information content (AvgIpc) is 2.49. The third kappa shape index (κ3) is 5.42. The monoisotopic (exact) mass is 290 g/mol. The van der Waals surface area contributed by atoms with E-state index in [1.165, 1.54) is 31.4 Å². The van der Waals surface area contributed by atoms with Crippen LogP contribution in [0.25, 0.3) is 0 Å². The molecule has 0 aromatic heterocycles. The van der Waals surface area contributed by atoms with Gasteiger partial charge in [-0.2, -0.15) is 0 Å². The second-order valence-electron chi connectivity index (χ2n) is 6.65. The first-order valence-corrected chi connectivity index (χ1v) is 8.32. The predicted molar refractivity (Wildman–Crippen MR) is 88.1 cm³/mol. The number of rotatable bonds is 7. The fourth-order valence-corrected chi connectivity index (χ4v) is 3.02. The van der Waals surface area contributed by atoms with E-state index in [-0.39, 0.29) is 6.61 Å². The molecule has 118 valence electrons. The molecular formula is C18H30N2O. The Morgan fingerprint density at radius 1 is 1.19 bits per heavy atom. The van der Waals surface area contributed by atoms with E-state index in [9.17, 15) is 0 Å². The topological polar surface area (TPSA) is 35.5 Å². The Morgan fingerprint density at radius 2 is 1.90 bits per heavy atom. The lowest BCUT2D eigenvalue weighted by atomic mass is 10.0. The van der Waals surface area contributed by atoms with Crippen LogP contribution in [0.2, 0.25) is 0 Å². The molecule has 1 aliphatic heterocycles. The van der Waals surface area contributed by atoms with E-state index in [0.717, 1.165) is 25.2 Å². The summed E-state index contributed by atoms with van der Waals surface area (Å²) in [6, 6.07) is 9.03. The molecule has 1 heterocycles. The van der Waals surface area contributed by atoms with Crippen LogP contribution in [0.15, 0.2) is 24.3 Å². The summed E-state index contributed by atoms with van der Waals surface area (Å²) in [4.78, 5) is 2.62. The molecule has 1 aromatic carbocycles. The minimum Gasteiger partial charge on any atom is -0.392 e. The van der Waals surface area contributed by atoms with Crippen molar-refractivity contribution in [1.29, 1.82) is 0 Å². The number of aliphatic hydroxyl groups excluding tert-OH is 1. The summed E-state index contributed by atoms with van der Waals surface area (Å²) in [5.41, 5.74) is 2.34. The molecule has 2 rings (SSSR count). The molecule has 0 bridgehead atoms. The Kier molecular flexibility index (Phi) is 6.68. The number of nitrogens with one attached hydrogen (secondary N) is 1. The molecule has 1 saturated heterocycles. The number of hydrogen-bond donors (Lipinski definition) is 2. The van der Waals surface area contributed by atoms with Gasteiger partial charge in [-0.25, -0.2) is 0 Å². The zero-order valence-electron chi connectivity index (χ0n) is 13.5. The minimum absolute atomic E-state index is 0.131. The Hall–Kier alpha value is -0.900. The quantitative estimate of drug-likeness (QED) is 0.810. The lowest BCUT2D eigenvalue weighted by Gasteiger charge is -2.36. The van der Waals surface area contributed by atoms with Gasteiger partial charge >= 0.3 is 0 Å². The summed E-state index contributed by atoms with van der Waals surface area (Å²) in [6.07, 6.45) is 3.98. The van der Waals surface area contributed by atoms with Gasteiger partial charge in [0.25, 0.3) is 0 Å². The largest absolute Gasteiger partial charge is 0.392 e. The molecule has 3 nitrogen and oxygen atoms in total. The molecule has 1 aromatic rings. The third-order valence-corrected chi connectivity index (χ3v) is 4.27. The van der Waals surface area contributed by atoms with E-state index in [1.807, 2.05) is 12.1 Å². The van der Waals surface area contributed by atoms with Gasteiger partial charge in [-0.3, -0.25) is 4.90 Å². The van der Waals surface area contributed by atoms with Crippen molar-refractivity contribution in [3.05, 3.63) is 35.4 Å². The van der Waals surface area contributed by atoms with Gasteiger partial charge in [0.1, 0.15) is 0 Å². The van der Waals surface area contributed by atoms with Crippen LogP contribution < -0.4 is 5.32 Å². The normalized spacial score (nSPS) is 20.1. The van der Waals surface area contributed by atoms with Crippen molar-refractivity contribution in [2.45, 2.75) is 52.3 Å². The summed E-state index contributed by atoms with van der Waals surface area (Å²) >= 11 is 0. The molecule has 0 spiro atoms. The number of nitrogens with zero attached hydrogens (tertiary/aromatic N) is 1. The minimum atomic E-state index is 0.131. The van der Waals surface area contributed by atoms with Crippen LogP contribution >= 0.6 is 0 Å². The third-order valence-electron chi connectivity index (χ3n) is 4.27. The molecule has 1 atom stereocenters. The Labute approximate surface area is 129 Å². The van der Waals surface area contributed by atoms with Crippen LogP contribution in [0.4, 0.5) is 0 Å². The zero-order chi connectivity index (χ0) is 15.1. The summed E-state index contributed by atoms with van der Waals surface area (Å²) in [6.45, 7) is 9.09. The Bertz CT molecular complexity index is 402. The maximum absolute atomic E-state index is 9.12. The fourth-order valence-electron chi connectivity index (χ4n) is 3.02. The van der Waals surface area contributed by atoms with Crippen molar-refractivity contribution in [3.63, 3.8) is 0 Å². The van der Waals surface area contributed by atoms with Gasteiger partial charge in [0.15, 0.2) is 0 Å². The van der Waals surface area contributed by atoms with E-state index >= 15 is 0 Å². The first-order valence-electron chi connectivity index (χ1n) is 8.32. The van der Waals surface area contributed by atoms with Crippen LogP contribution in [0.5, 0.6) is 0 Å². The maximum Gasteiger partial charge on any atom is 0.0681 e. The number of benzene rings is 1. The fraction of sp³-hybridized carbons (Fsp3) is 0.667. The van der Waals surface area contributed by atoms with Crippen LogP contribution in [-0.4, -0.2) is 35.7 Å². The van der Waals surface area contributed by atoms with E-state index in [2.05, 4.69) is 36.2 Å². The highest BCUT2D eigenvalue weighted by atomic mass is 16.3. The van der Waals surface area contributed by atoms with Crippen molar-refractivity contribution in [2.24, 2.45) is 5.92 Å². The molecule has 0 amide bonds. The molecule has 3 heteroatoms. The molecule has 21 heavy (non-hydrogen) atoms. The van der Waals surface area contributed by atoms with Gasteiger partial charge in [0.05, 0.1) is 6.61 Å². The Morgan fingerprint density at radius 3 is 2.57 bits per heavy atom.